The second-order valence-corrected chi connectivity index (χ2v) is 4.67. The molecule has 6 heteroatoms. The Bertz CT molecular complexity index is 631. The monoisotopic (exact) mass is 288 g/mol. The SMILES string of the molecule is CC(NCc1ccc(F)cc1C(N)=NO)c1ccncc1. The van der Waals surface area contributed by atoms with Crippen molar-refractivity contribution in [2.45, 2.75) is 19.5 Å². The molecular weight excluding hydrogens is 271 g/mol. The lowest BCUT2D eigenvalue weighted by Crippen LogP contribution is -2.22. The normalized spacial score (nSPS) is 13.1. The number of aromatic nitrogens is 1. The van der Waals surface area contributed by atoms with E-state index in [4.69, 9.17) is 10.9 Å². The summed E-state index contributed by atoms with van der Waals surface area (Å²) in [6.07, 6.45) is 3.46. The van der Waals surface area contributed by atoms with Gasteiger partial charge in [0.05, 0.1) is 0 Å². The smallest absolute Gasteiger partial charge is 0.170 e. The third-order valence-corrected chi connectivity index (χ3v) is 3.26. The van der Waals surface area contributed by atoms with Gasteiger partial charge in [0.2, 0.25) is 0 Å². The molecule has 0 bridgehead atoms. The number of amidine groups is 1. The number of hydrogen-bond acceptors (Lipinski definition) is 4. The summed E-state index contributed by atoms with van der Waals surface area (Å²) in [7, 11) is 0. The average Bonchev–Trinajstić information content (AvgIpc) is 2.53. The van der Waals surface area contributed by atoms with E-state index in [2.05, 4.69) is 15.5 Å². The van der Waals surface area contributed by atoms with Crippen LogP contribution < -0.4 is 11.1 Å². The molecule has 0 amide bonds. The zero-order valence-electron chi connectivity index (χ0n) is 11.6. The van der Waals surface area contributed by atoms with Gasteiger partial charge in [-0.2, -0.15) is 0 Å². The minimum absolute atomic E-state index is 0.0955. The Hall–Kier alpha value is -2.47. The number of nitrogens with two attached hydrogens (primary N) is 1. The summed E-state index contributed by atoms with van der Waals surface area (Å²) in [5.74, 6) is -0.537. The van der Waals surface area contributed by atoms with E-state index in [1.54, 1.807) is 18.5 Å². The molecule has 0 radical (unpaired) electrons. The summed E-state index contributed by atoms with van der Waals surface area (Å²) >= 11 is 0. The number of halogens is 1. The lowest BCUT2D eigenvalue weighted by Gasteiger charge is -2.15. The molecule has 1 aromatic carbocycles. The van der Waals surface area contributed by atoms with E-state index >= 15 is 0 Å². The summed E-state index contributed by atoms with van der Waals surface area (Å²) in [6.45, 7) is 2.48. The van der Waals surface area contributed by atoms with Crippen LogP contribution in [0.15, 0.2) is 47.9 Å². The van der Waals surface area contributed by atoms with Crippen LogP contribution in [0.1, 0.15) is 29.7 Å². The van der Waals surface area contributed by atoms with Crippen molar-refractivity contribution in [2.24, 2.45) is 10.9 Å². The second-order valence-electron chi connectivity index (χ2n) is 4.67. The predicted molar refractivity (Wildman–Crippen MR) is 78.4 cm³/mol. The van der Waals surface area contributed by atoms with E-state index in [0.29, 0.717) is 12.1 Å². The van der Waals surface area contributed by atoms with Crippen LogP contribution in [0.4, 0.5) is 4.39 Å². The number of oxime groups is 1. The summed E-state index contributed by atoms with van der Waals surface area (Å²) < 4.78 is 13.3. The van der Waals surface area contributed by atoms with Crippen molar-refractivity contribution in [1.82, 2.24) is 10.3 Å². The Morgan fingerprint density at radius 3 is 2.76 bits per heavy atom. The highest BCUT2D eigenvalue weighted by Crippen LogP contribution is 2.15. The van der Waals surface area contributed by atoms with E-state index < -0.39 is 5.82 Å². The maximum atomic E-state index is 13.3. The van der Waals surface area contributed by atoms with Gasteiger partial charge < -0.3 is 16.3 Å². The van der Waals surface area contributed by atoms with Gasteiger partial charge in [-0.05, 0) is 42.3 Å². The van der Waals surface area contributed by atoms with Gasteiger partial charge >= 0.3 is 0 Å². The van der Waals surface area contributed by atoms with Gasteiger partial charge in [-0.15, -0.1) is 0 Å². The summed E-state index contributed by atoms with van der Waals surface area (Å²) in [5, 5.41) is 15.0. The molecule has 0 aliphatic carbocycles. The quantitative estimate of drug-likeness (QED) is 0.341. The molecule has 0 spiro atoms. The van der Waals surface area contributed by atoms with Crippen molar-refractivity contribution in [2.75, 3.05) is 0 Å². The van der Waals surface area contributed by atoms with Gasteiger partial charge in [-0.3, -0.25) is 4.98 Å². The van der Waals surface area contributed by atoms with Crippen molar-refractivity contribution < 1.29 is 9.60 Å². The highest BCUT2D eigenvalue weighted by Gasteiger charge is 2.10. The predicted octanol–water partition coefficient (Wildman–Crippen LogP) is 2.17. The Balaban J connectivity index is 2.13. The zero-order valence-corrected chi connectivity index (χ0v) is 11.6. The van der Waals surface area contributed by atoms with Crippen LogP contribution in [0.5, 0.6) is 0 Å². The van der Waals surface area contributed by atoms with E-state index in [1.807, 2.05) is 19.1 Å². The largest absolute Gasteiger partial charge is 0.409 e. The molecule has 0 saturated carbocycles. The second kappa shape index (κ2) is 6.81. The van der Waals surface area contributed by atoms with Crippen molar-refractivity contribution in [3.63, 3.8) is 0 Å². The minimum Gasteiger partial charge on any atom is -0.409 e. The van der Waals surface area contributed by atoms with Crippen LogP contribution >= 0.6 is 0 Å². The average molecular weight is 288 g/mol. The van der Waals surface area contributed by atoms with Crippen LogP contribution in [0.25, 0.3) is 0 Å². The van der Waals surface area contributed by atoms with Gasteiger partial charge in [-0.25, -0.2) is 4.39 Å². The Morgan fingerprint density at radius 2 is 2.10 bits per heavy atom. The number of benzene rings is 1. The van der Waals surface area contributed by atoms with Crippen molar-refractivity contribution in [3.05, 3.63) is 65.2 Å². The fraction of sp³-hybridized carbons (Fsp3) is 0.200. The molecule has 110 valence electrons. The lowest BCUT2D eigenvalue weighted by molar-refractivity contribution is 0.318. The van der Waals surface area contributed by atoms with Gasteiger partial charge in [0.1, 0.15) is 5.82 Å². The first-order valence-electron chi connectivity index (χ1n) is 6.51. The first-order chi connectivity index (χ1) is 10.1. The molecule has 5 nitrogen and oxygen atoms in total. The number of rotatable bonds is 5. The molecule has 0 aliphatic heterocycles. The molecule has 4 N–H and O–H groups in total. The van der Waals surface area contributed by atoms with E-state index in [9.17, 15) is 4.39 Å². The molecule has 0 saturated heterocycles. The Morgan fingerprint density at radius 1 is 1.38 bits per heavy atom. The lowest BCUT2D eigenvalue weighted by atomic mass is 10.0. The molecule has 2 rings (SSSR count). The fourth-order valence-corrected chi connectivity index (χ4v) is 2.03. The van der Waals surface area contributed by atoms with Gasteiger partial charge in [-0.1, -0.05) is 11.2 Å². The fourth-order valence-electron chi connectivity index (χ4n) is 2.03. The molecular formula is C15H17FN4O. The molecule has 0 fully saturated rings. The Labute approximate surface area is 122 Å². The molecule has 1 heterocycles. The molecule has 1 atom stereocenters. The van der Waals surface area contributed by atoms with E-state index in [1.165, 1.54) is 12.1 Å². The zero-order chi connectivity index (χ0) is 15.2. The highest BCUT2D eigenvalue weighted by molar-refractivity contribution is 5.98. The molecule has 21 heavy (non-hydrogen) atoms. The third-order valence-electron chi connectivity index (χ3n) is 3.26. The summed E-state index contributed by atoms with van der Waals surface area (Å²) in [4.78, 5) is 3.97. The number of hydrogen-bond donors (Lipinski definition) is 3. The van der Waals surface area contributed by atoms with E-state index in [0.717, 1.165) is 11.1 Å². The first-order valence-corrected chi connectivity index (χ1v) is 6.51. The molecule has 0 aliphatic rings. The van der Waals surface area contributed by atoms with Gasteiger partial charge in [0.25, 0.3) is 0 Å². The topological polar surface area (TPSA) is 83.5 Å². The first kappa shape index (κ1) is 14.9. The number of nitrogens with one attached hydrogen (secondary N) is 1. The van der Waals surface area contributed by atoms with Crippen molar-refractivity contribution in [3.8, 4) is 0 Å². The maximum Gasteiger partial charge on any atom is 0.170 e. The van der Waals surface area contributed by atoms with Crippen molar-refractivity contribution in [1.29, 1.82) is 0 Å². The third kappa shape index (κ3) is 3.76. The van der Waals surface area contributed by atoms with Crippen LogP contribution in [0.3, 0.4) is 0 Å². The molecule has 2 aromatic rings. The minimum atomic E-state index is -0.428. The molecule has 1 aromatic heterocycles. The summed E-state index contributed by atoms with van der Waals surface area (Å²) in [6, 6.07) is 8.16. The van der Waals surface area contributed by atoms with Crippen LogP contribution in [-0.4, -0.2) is 16.0 Å². The summed E-state index contributed by atoms with van der Waals surface area (Å²) in [5.41, 5.74) is 7.81. The standard InChI is InChI=1S/C15H17FN4O/c1-10(11-4-6-18-7-5-11)19-9-12-2-3-13(16)8-14(12)15(17)20-21/h2-8,10,19,21H,9H2,1H3,(H2,17,20). The van der Waals surface area contributed by atoms with Gasteiger partial charge in [0, 0.05) is 30.5 Å². The van der Waals surface area contributed by atoms with Crippen molar-refractivity contribution >= 4 is 5.84 Å². The van der Waals surface area contributed by atoms with E-state index in [-0.39, 0.29) is 11.9 Å². The van der Waals surface area contributed by atoms with Crippen LogP contribution in [-0.2, 0) is 6.54 Å². The van der Waals surface area contributed by atoms with Crippen LogP contribution in [0, 0.1) is 5.82 Å². The number of nitrogens with zero attached hydrogens (tertiary/aromatic N) is 2. The van der Waals surface area contributed by atoms with Crippen LogP contribution in [0.2, 0.25) is 0 Å². The Kier molecular flexibility index (Phi) is 4.84. The number of pyridine rings is 1. The molecule has 1 unspecified atom stereocenters. The maximum absolute atomic E-state index is 13.3. The van der Waals surface area contributed by atoms with Gasteiger partial charge in [0.15, 0.2) is 5.84 Å². The highest BCUT2D eigenvalue weighted by atomic mass is 19.1.